The number of hydrogen-bond donors (Lipinski definition) is 4. The average molecular weight is 510 g/mol. The minimum atomic E-state index is -0.543. The maximum atomic E-state index is 13.2. The van der Waals surface area contributed by atoms with Crippen molar-refractivity contribution in [1.82, 2.24) is 15.5 Å². The summed E-state index contributed by atoms with van der Waals surface area (Å²) in [5.74, 6) is -0.534. The zero-order chi connectivity index (χ0) is 25.9. The van der Waals surface area contributed by atoms with Gasteiger partial charge in [-0.15, -0.1) is 11.3 Å². The summed E-state index contributed by atoms with van der Waals surface area (Å²) in [7, 11) is 0. The Balaban J connectivity index is 1.26. The Morgan fingerprint density at radius 1 is 1.22 bits per heavy atom. The Labute approximate surface area is 216 Å². The third-order valence-corrected chi connectivity index (χ3v) is 8.46. The number of likely N-dealkylation sites (tertiary alicyclic amines) is 1. The first-order valence-electron chi connectivity index (χ1n) is 12.5. The Kier molecular flexibility index (Phi) is 7.78. The number of unbranched alkanes of at least 4 members (excludes halogenated alkanes) is 1. The third-order valence-electron chi connectivity index (χ3n) is 7.34. The molecule has 0 bridgehead atoms. The third kappa shape index (κ3) is 5.95. The quantitative estimate of drug-likeness (QED) is 0.211. The van der Waals surface area contributed by atoms with Gasteiger partial charge < -0.3 is 21.3 Å². The number of rotatable bonds is 11. The van der Waals surface area contributed by atoms with Gasteiger partial charge in [-0.3, -0.25) is 19.8 Å². The number of fused-ring (bicyclic) bond motifs is 1. The molecule has 4 atom stereocenters. The Hall–Kier alpha value is -3.20. The summed E-state index contributed by atoms with van der Waals surface area (Å²) < 4.78 is 0. The number of thiophene rings is 1. The SMILES string of the molecule is CC(NC(=O)[C@@H]1C[C@]2(C)C[C@@H]2N1C(=O)CNC(=O)CCCCc1ccccc1)c1cc(C(=N)N)cs1. The summed E-state index contributed by atoms with van der Waals surface area (Å²) >= 11 is 1.44. The van der Waals surface area contributed by atoms with Crippen molar-refractivity contribution in [2.45, 2.75) is 70.5 Å². The van der Waals surface area contributed by atoms with Crippen LogP contribution in [-0.2, 0) is 20.8 Å². The number of nitrogens with one attached hydrogen (secondary N) is 3. The summed E-state index contributed by atoms with van der Waals surface area (Å²) in [6.07, 6.45) is 4.49. The van der Waals surface area contributed by atoms with E-state index in [-0.39, 0.29) is 47.6 Å². The first-order valence-corrected chi connectivity index (χ1v) is 13.4. The van der Waals surface area contributed by atoms with Gasteiger partial charge in [0.25, 0.3) is 0 Å². The standard InChI is InChI=1S/C27H35N5O3S/c1-17(21-12-19(16-36-21)25(28)29)31-26(35)20-13-27(2)14-22(27)32(20)24(34)15-30-23(33)11-7-6-10-18-8-4-3-5-9-18/h3-5,8-9,12,16-17,20,22H,6-7,10-11,13-15H2,1-2H3,(H3,28,29)(H,30,33)(H,31,35)/t17?,20-,22-,27+/m0/s1. The maximum Gasteiger partial charge on any atom is 0.243 e. The second kappa shape index (κ2) is 10.8. The van der Waals surface area contributed by atoms with Gasteiger partial charge in [-0.2, -0.15) is 0 Å². The number of nitrogens with two attached hydrogens (primary N) is 1. The van der Waals surface area contributed by atoms with E-state index >= 15 is 0 Å². The van der Waals surface area contributed by atoms with Crippen LogP contribution in [0, 0.1) is 10.8 Å². The van der Waals surface area contributed by atoms with E-state index in [0.29, 0.717) is 18.4 Å². The molecule has 1 aromatic heterocycles. The number of amidine groups is 1. The van der Waals surface area contributed by atoms with Crippen LogP contribution in [0.3, 0.4) is 0 Å². The Morgan fingerprint density at radius 3 is 2.67 bits per heavy atom. The molecule has 0 spiro atoms. The lowest BCUT2D eigenvalue weighted by atomic mass is 10.0. The van der Waals surface area contributed by atoms with Gasteiger partial charge in [0.2, 0.25) is 17.7 Å². The number of carbonyl (C=O) groups excluding carboxylic acids is 3. The molecular formula is C27H35N5O3S. The lowest BCUT2D eigenvalue weighted by Gasteiger charge is -2.28. The molecule has 3 amide bonds. The molecular weight excluding hydrogens is 474 g/mol. The van der Waals surface area contributed by atoms with Gasteiger partial charge in [-0.1, -0.05) is 37.3 Å². The molecule has 1 aliphatic carbocycles. The van der Waals surface area contributed by atoms with Gasteiger partial charge in [-0.05, 0) is 56.1 Å². The van der Waals surface area contributed by atoms with Crippen molar-refractivity contribution in [3.8, 4) is 0 Å². The lowest BCUT2D eigenvalue weighted by molar-refractivity contribution is -0.140. The summed E-state index contributed by atoms with van der Waals surface area (Å²) in [6, 6.07) is 11.2. The van der Waals surface area contributed by atoms with E-state index in [4.69, 9.17) is 11.1 Å². The monoisotopic (exact) mass is 509 g/mol. The van der Waals surface area contributed by atoms with Crippen molar-refractivity contribution in [3.63, 3.8) is 0 Å². The fourth-order valence-corrected chi connectivity index (χ4v) is 5.99. The van der Waals surface area contributed by atoms with Crippen molar-refractivity contribution >= 4 is 34.9 Å². The van der Waals surface area contributed by atoms with Crippen LogP contribution in [-0.4, -0.2) is 47.1 Å². The van der Waals surface area contributed by atoms with Gasteiger partial charge in [0.1, 0.15) is 11.9 Å². The number of piperidine rings is 1. The second-order valence-corrected chi connectivity index (χ2v) is 11.2. The van der Waals surface area contributed by atoms with Gasteiger partial charge in [-0.25, -0.2) is 0 Å². The molecule has 5 N–H and O–H groups in total. The van der Waals surface area contributed by atoms with Crippen molar-refractivity contribution in [2.75, 3.05) is 6.54 Å². The van der Waals surface area contributed by atoms with Crippen molar-refractivity contribution in [1.29, 1.82) is 5.41 Å². The number of aryl methyl sites for hydroxylation is 1. The van der Waals surface area contributed by atoms with Crippen LogP contribution in [0.5, 0.6) is 0 Å². The highest BCUT2D eigenvalue weighted by atomic mass is 32.1. The Morgan fingerprint density at radius 2 is 1.97 bits per heavy atom. The minimum Gasteiger partial charge on any atom is -0.384 e. The molecule has 1 saturated heterocycles. The predicted molar refractivity (Wildman–Crippen MR) is 141 cm³/mol. The number of amides is 3. The van der Waals surface area contributed by atoms with E-state index in [1.165, 1.54) is 16.9 Å². The first kappa shape index (κ1) is 25.9. The topological polar surface area (TPSA) is 128 Å². The van der Waals surface area contributed by atoms with Crippen LogP contribution < -0.4 is 16.4 Å². The average Bonchev–Trinajstić information content (AvgIpc) is 3.19. The number of carbonyl (C=O) groups is 3. The summed E-state index contributed by atoms with van der Waals surface area (Å²) in [6.45, 7) is 3.91. The van der Waals surface area contributed by atoms with Crippen molar-refractivity contribution in [3.05, 3.63) is 57.8 Å². The second-order valence-electron chi connectivity index (χ2n) is 10.2. The van der Waals surface area contributed by atoms with Gasteiger partial charge in [0.05, 0.1) is 12.6 Å². The fraction of sp³-hybridized carbons (Fsp3) is 0.481. The zero-order valence-electron chi connectivity index (χ0n) is 20.9. The number of nitrogen functional groups attached to an aromatic ring is 1. The van der Waals surface area contributed by atoms with Crippen LogP contribution in [0.2, 0.25) is 0 Å². The Bertz CT molecular complexity index is 1130. The molecule has 2 fully saturated rings. The molecule has 1 aromatic carbocycles. The molecule has 2 heterocycles. The van der Waals surface area contributed by atoms with E-state index in [2.05, 4.69) is 29.7 Å². The van der Waals surface area contributed by atoms with Crippen molar-refractivity contribution < 1.29 is 14.4 Å². The predicted octanol–water partition coefficient (Wildman–Crippen LogP) is 3.12. The highest BCUT2D eigenvalue weighted by Gasteiger charge is 2.64. The molecule has 1 aliphatic heterocycles. The van der Waals surface area contributed by atoms with E-state index in [0.717, 1.165) is 30.6 Å². The number of hydrogen-bond acceptors (Lipinski definition) is 5. The molecule has 8 nitrogen and oxygen atoms in total. The van der Waals surface area contributed by atoms with E-state index in [9.17, 15) is 14.4 Å². The van der Waals surface area contributed by atoms with Crippen LogP contribution >= 0.6 is 11.3 Å². The molecule has 0 radical (unpaired) electrons. The highest BCUT2D eigenvalue weighted by Crippen LogP contribution is 2.59. The number of nitrogens with zero attached hydrogens (tertiary/aromatic N) is 1. The maximum absolute atomic E-state index is 13.2. The van der Waals surface area contributed by atoms with Gasteiger partial charge in [0.15, 0.2) is 0 Å². The summed E-state index contributed by atoms with van der Waals surface area (Å²) in [4.78, 5) is 41.2. The van der Waals surface area contributed by atoms with Gasteiger partial charge in [0, 0.05) is 28.3 Å². The van der Waals surface area contributed by atoms with Crippen LogP contribution in [0.25, 0.3) is 0 Å². The molecule has 2 aromatic rings. The highest BCUT2D eigenvalue weighted by molar-refractivity contribution is 7.10. The smallest absolute Gasteiger partial charge is 0.243 e. The molecule has 9 heteroatoms. The minimum absolute atomic E-state index is 0.00477. The molecule has 1 unspecified atom stereocenters. The van der Waals surface area contributed by atoms with Crippen LogP contribution in [0.15, 0.2) is 41.8 Å². The van der Waals surface area contributed by atoms with E-state index in [1.54, 1.807) is 10.3 Å². The molecule has 1 saturated carbocycles. The molecule has 192 valence electrons. The largest absolute Gasteiger partial charge is 0.384 e. The van der Waals surface area contributed by atoms with Gasteiger partial charge >= 0.3 is 0 Å². The fourth-order valence-electron chi connectivity index (χ4n) is 5.08. The molecule has 4 rings (SSSR count). The molecule has 36 heavy (non-hydrogen) atoms. The summed E-state index contributed by atoms with van der Waals surface area (Å²) in [5.41, 5.74) is 7.41. The van der Waals surface area contributed by atoms with E-state index < -0.39 is 6.04 Å². The van der Waals surface area contributed by atoms with Crippen LogP contribution in [0.1, 0.15) is 68.0 Å². The molecule has 2 aliphatic rings. The van der Waals surface area contributed by atoms with Crippen LogP contribution in [0.4, 0.5) is 0 Å². The zero-order valence-corrected chi connectivity index (χ0v) is 21.7. The number of benzene rings is 1. The summed E-state index contributed by atoms with van der Waals surface area (Å²) in [5, 5.41) is 15.1. The first-order chi connectivity index (χ1) is 17.2. The van der Waals surface area contributed by atoms with Crippen molar-refractivity contribution in [2.24, 2.45) is 11.1 Å². The van der Waals surface area contributed by atoms with E-state index in [1.807, 2.05) is 31.2 Å². The normalized spacial score (nSPS) is 23.0. The lowest BCUT2D eigenvalue weighted by Crippen LogP contribution is -2.51.